The minimum Gasteiger partial charge on any atom is -0.468 e. The predicted octanol–water partition coefficient (Wildman–Crippen LogP) is 4.03. The molecular weight excluding hydrogens is 386 g/mol. The van der Waals surface area contributed by atoms with Gasteiger partial charge in [0.2, 0.25) is 11.0 Å². The molecule has 0 atom stereocenters. The molecule has 3 aromatic heterocycles. The molecule has 7 nitrogen and oxygen atoms in total. The molecule has 3 heterocycles. The maximum absolute atomic E-state index is 13.0. The molecule has 0 radical (unpaired) electrons. The summed E-state index contributed by atoms with van der Waals surface area (Å²) in [6, 6.07) is 14.4. The lowest BCUT2D eigenvalue weighted by Gasteiger charge is -2.13. The summed E-state index contributed by atoms with van der Waals surface area (Å²) >= 11 is 7.26. The molecule has 4 rings (SSSR count). The van der Waals surface area contributed by atoms with Gasteiger partial charge in [-0.25, -0.2) is 0 Å². The van der Waals surface area contributed by atoms with Crippen LogP contribution >= 0.6 is 23.4 Å². The quantitative estimate of drug-likeness (QED) is 0.493. The number of thioether (sulfide) groups is 1. The van der Waals surface area contributed by atoms with Crippen molar-refractivity contribution in [2.75, 3.05) is 5.32 Å². The molecule has 27 heavy (non-hydrogen) atoms. The first-order valence-electron chi connectivity index (χ1n) is 8.02. The van der Waals surface area contributed by atoms with E-state index in [-0.39, 0.29) is 11.4 Å². The van der Waals surface area contributed by atoms with Crippen LogP contribution < -0.4 is 10.9 Å². The van der Waals surface area contributed by atoms with Crippen LogP contribution in [0.1, 0.15) is 5.76 Å². The second kappa shape index (κ2) is 7.73. The number of halogens is 1. The second-order valence-corrected chi connectivity index (χ2v) is 6.89. The molecule has 0 fully saturated rings. The Morgan fingerprint density at radius 1 is 1.07 bits per heavy atom. The molecule has 1 aromatic carbocycles. The maximum Gasteiger partial charge on any atom is 0.316 e. The summed E-state index contributed by atoms with van der Waals surface area (Å²) in [5, 5.41) is 12.4. The summed E-state index contributed by atoms with van der Waals surface area (Å²) < 4.78 is 8.46. The number of hydrogen-bond acceptors (Lipinski definition) is 6. The number of benzene rings is 1. The van der Waals surface area contributed by atoms with Crippen molar-refractivity contribution >= 4 is 34.9 Å². The Balaban J connectivity index is 1.69. The highest BCUT2D eigenvalue weighted by molar-refractivity contribution is 7.98. The van der Waals surface area contributed by atoms with Gasteiger partial charge in [0, 0.05) is 23.1 Å². The van der Waals surface area contributed by atoms with Gasteiger partial charge < -0.3 is 9.73 Å². The smallest absolute Gasteiger partial charge is 0.316 e. The minimum absolute atomic E-state index is 0.119. The first kappa shape index (κ1) is 17.4. The first-order valence-corrected chi connectivity index (χ1v) is 9.38. The molecule has 0 aliphatic carbocycles. The molecule has 0 amide bonds. The summed E-state index contributed by atoms with van der Waals surface area (Å²) in [7, 11) is 0. The number of anilines is 2. The second-order valence-electron chi connectivity index (χ2n) is 5.51. The van der Waals surface area contributed by atoms with Crippen LogP contribution in [0.2, 0.25) is 5.02 Å². The molecule has 0 bridgehead atoms. The topological polar surface area (TPSA) is 77.9 Å². The molecular formula is C18H14ClN5O2S. The fraction of sp³-hybridized carbons (Fsp3) is 0.0556. The van der Waals surface area contributed by atoms with Crippen LogP contribution in [0.15, 0.2) is 81.6 Å². The van der Waals surface area contributed by atoms with E-state index in [1.54, 1.807) is 47.6 Å². The van der Waals surface area contributed by atoms with Gasteiger partial charge in [-0.05, 0) is 48.5 Å². The van der Waals surface area contributed by atoms with E-state index in [1.165, 1.54) is 16.4 Å². The van der Waals surface area contributed by atoms with E-state index in [1.807, 2.05) is 24.3 Å². The molecule has 0 spiro atoms. The van der Waals surface area contributed by atoms with E-state index >= 15 is 0 Å². The molecule has 0 saturated heterocycles. The van der Waals surface area contributed by atoms with Crippen molar-refractivity contribution in [3.8, 4) is 0 Å². The van der Waals surface area contributed by atoms with Crippen LogP contribution in [0.5, 0.6) is 0 Å². The molecule has 136 valence electrons. The summed E-state index contributed by atoms with van der Waals surface area (Å²) in [6.45, 7) is 0. The average Bonchev–Trinajstić information content (AvgIpc) is 3.37. The third-order valence-electron chi connectivity index (χ3n) is 3.66. The van der Waals surface area contributed by atoms with E-state index in [0.717, 1.165) is 5.76 Å². The zero-order valence-electron chi connectivity index (χ0n) is 13.9. The third-order valence-corrected chi connectivity index (χ3v) is 4.86. The fourth-order valence-corrected chi connectivity index (χ4v) is 3.36. The molecule has 0 unspecified atom stereocenters. The molecule has 0 aliphatic rings. The van der Waals surface area contributed by atoms with Crippen molar-refractivity contribution in [2.45, 2.75) is 10.9 Å². The molecule has 0 aliphatic heterocycles. The highest BCUT2D eigenvalue weighted by atomic mass is 35.5. The fourth-order valence-electron chi connectivity index (χ4n) is 2.40. The number of rotatable bonds is 6. The average molecular weight is 400 g/mol. The number of aromatic nitrogens is 4. The van der Waals surface area contributed by atoms with E-state index < -0.39 is 0 Å². The van der Waals surface area contributed by atoms with E-state index in [0.29, 0.717) is 21.6 Å². The first-order chi connectivity index (χ1) is 13.2. The zero-order chi connectivity index (χ0) is 18.6. The third kappa shape index (κ3) is 3.91. The lowest BCUT2D eigenvalue weighted by molar-refractivity contribution is 0.523. The Labute approximate surface area is 163 Å². The normalized spacial score (nSPS) is 10.9. The van der Waals surface area contributed by atoms with Gasteiger partial charge >= 0.3 is 5.56 Å². The Kier molecular flexibility index (Phi) is 4.99. The Morgan fingerprint density at radius 3 is 2.56 bits per heavy atom. The highest BCUT2D eigenvalue weighted by Crippen LogP contribution is 2.21. The summed E-state index contributed by atoms with van der Waals surface area (Å²) in [6.07, 6.45) is 5.15. The lowest BCUT2D eigenvalue weighted by atomic mass is 10.3. The van der Waals surface area contributed by atoms with Gasteiger partial charge in [0.15, 0.2) is 0 Å². The van der Waals surface area contributed by atoms with Gasteiger partial charge in [-0.15, -0.1) is 10.2 Å². The van der Waals surface area contributed by atoms with E-state index in [4.69, 9.17) is 16.0 Å². The van der Waals surface area contributed by atoms with Gasteiger partial charge in [-0.2, -0.15) is 4.68 Å². The van der Waals surface area contributed by atoms with Crippen LogP contribution in [0.25, 0.3) is 0 Å². The molecule has 0 saturated carbocycles. The van der Waals surface area contributed by atoms with Gasteiger partial charge in [0.1, 0.15) is 5.76 Å². The predicted molar refractivity (Wildman–Crippen MR) is 105 cm³/mol. The van der Waals surface area contributed by atoms with Gasteiger partial charge in [-0.3, -0.25) is 9.47 Å². The maximum atomic E-state index is 13.0. The Hall–Kier alpha value is -2.97. The van der Waals surface area contributed by atoms with Crippen molar-refractivity contribution in [3.05, 3.63) is 88.3 Å². The SMILES string of the molecule is O=c1c(Nc2ccc(Cl)cc2)nnc(SCc2ccco2)n1-n1cccc1. The van der Waals surface area contributed by atoms with Crippen molar-refractivity contribution in [1.82, 2.24) is 19.5 Å². The van der Waals surface area contributed by atoms with Crippen LogP contribution in [0, 0.1) is 0 Å². The van der Waals surface area contributed by atoms with Crippen molar-refractivity contribution in [1.29, 1.82) is 0 Å². The minimum atomic E-state index is -0.321. The number of nitrogens with zero attached hydrogens (tertiary/aromatic N) is 4. The monoisotopic (exact) mass is 399 g/mol. The molecule has 4 aromatic rings. The summed E-state index contributed by atoms with van der Waals surface area (Å²) in [4.78, 5) is 13.0. The van der Waals surface area contributed by atoms with E-state index in [2.05, 4.69) is 15.5 Å². The number of nitrogens with one attached hydrogen (secondary N) is 1. The van der Waals surface area contributed by atoms with Gasteiger partial charge in [0.25, 0.3) is 0 Å². The Morgan fingerprint density at radius 2 is 1.85 bits per heavy atom. The lowest BCUT2D eigenvalue weighted by Crippen LogP contribution is -2.30. The zero-order valence-corrected chi connectivity index (χ0v) is 15.5. The van der Waals surface area contributed by atoms with Crippen LogP contribution in [-0.4, -0.2) is 19.5 Å². The highest BCUT2D eigenvalue weighted by Gasteiger charge is 2.15. The van der Waals surface area contributed by atoms with Gasteiger partial charge in [-0.1, -0.05) is 23.4 Å². The Bertz CT molecular complexity index is 1080. The largest absolute Gasteiger partial charge is 0.468 e. The van der Waals surface area contributed by atoms with Crippen molar-refractivity contribution in [2.24, 2.45) is 0 Å². The summed E-state index contributed by atoms with van der Waals surface area (Å²) in [5.41, 5.74) is 0.374. The standard InChI is InChI=1S/C18H14ClN5O2S/c19-13-5-7-14(8-6-13)20-16-17(25)24(23-9-1-2-10-23)18(22-21-16)27-12-15-4-3-11-26-15/h1-11H,12H2,(H,20,21). The van der Waals surface area contributed by atoms with Crippen molar-refractivity contribution < 1.29 is 4.42 Å². The van der Waals surface area contributed by atoms with Crippen molar-refractivity contribution in [3.63, 3.8) is 0 Å². The number of furan rings is 1. The van der Waals surface area contributed by atoms with Crippen LogP contribution in [-0.2, 0) is 5.75 Å². The van der Waals surface area contributed by atoms with Crippen LogP contribution in [0.3, 0.4) is 0 Å². The molecule has 9 heteroatoms. The van der Waals surface area contributed by atoms with Crippen LogP contribution in [0.4, 0.5) is 11.5 Å². The molecule has 1 N–H and O–H groups in total. The summed E-state index contributed by atoms with van der Waals surface area (Å²) in [5.74, 6) is 1.44. The number of hydrogen-bond donors (Lipinski definition) is 1. The van der Waals surface area contributed by atoms with E-state index in [9.17, 15) is 4.79 Å². The van der Waals surface area contributed by atoms with Gasteiger partial charge in [0.05, 0.1) is 12.0 Å².